The van der Waals surface area contributed by atoms with Gasteiger partial charge in [-0.2, -0.15) is 0 Å². The first-order chi connectivity index (χ1) is 13.3. The van der Waals surface area contributed by atoms with Crippen LogP contribution >= 0.6 is 11.6 Å². The van der Waals surface area contributed by atoms with Crippen molar-refractivity contribution in [3.63, 3.8) is 0 Å². The van der Waals surface area contributed by atoms with E-state index in [4.69, 9.17) is 16.3 Å². The molecule has 2 aromatic carbocycles. The number of anilines is 1. The number of nitrogens with one attached hydrogen (secondary N) is 1. The Labute approximate surface area is 171 Å². The number of halogens is 1. The van der Waals surface area contributed by atoms with Crippen molar-refractivity contribution in [3.8, 4) is 5.75 Å². The molecule has 0 unspecified atom stereocenters. The van der Waals surface area contributed by atoms with Gasteiger partial charge in [0.1, 0.15) is 11.8 Å². The summed E-state index contributed by atoms with van der Waals surface area (Å²) in [5.74, 6) is 0.432. The van der Waals surface area contributed by atoms with Gasteiger partial charge in [0.2, 0.25) is 15.9 Å². The van der Waals surface area contributed by atoms with Crippen molar-refractivity contribution < 1.29 is 17.9 Å². The lowest BCUT2D eigenvalue weighted by Crippen LogP contribution is -2.49. The molecule has 0 fully saturated rings. The summed E-state index contributed by atoms with van der Waals surface area (Å²) in [6, 6.07) is 13.1. The molecule has 2 rings (SSSR count). The maximum atomic E-state index is 12.7. The molecule has 0 saturated carbocycles. The minimum Gasteiger partial charge on any atom is -0.497 e. The van der Waals surface area contributed by atoms with Gasteiger partial charge >= 0.3 is 0 Å². The molecule has 0 heterocycles. The van der Waals surface area contributed by atoms with Crippen LogP contribution in [-0.4, -0.2) is 40.3 Å². The Morgan fingerprint density at radius 3 is 2.25 bits per heavy atom. The summed E-state index contributed by atoms with van der Waals surface area (Å²) < 4.78 is 31.0. The van der Waals surface area contributed by atoms with E-state index in [0.717, 1.165) is 21.9 Å². The Balaban J connectivity index is 2.09. The van der Waals surface area contributed by atoms with E-state index in [1.54, 1.807) is 38.3 Å². The lowest BCUT2D eigenvalue weighted by atomic mass is 10.1. The average Bonchev–Trinajstić information content (AvgIpc) is 2.66. The number of ether oxygens (including phenoxy) is 1. The molecule has 1 atom stereocenters. The third-order valence-corrected chi connectivity index (χ3v) is 5.71. The second kappa shape index (κ2) is 9.80. The van der Waals surface area contributed by atoms with E-state index < -0.39 is 16.1 Å². The standard InChI is InChI=1S/C20H25ClN2O4S/c1-4-19(23(28(3,25)26)17-9-7-16(21)8-10-17)20(24)22-14-13-15-5-11-18(27-2)12-6-15/h5-12,19H,4,13-14H2,1-3H3,(H,22,24)/t19-/m1/s1. The Morgan fingerprint density at radius 1 is 1.14 bits per heavy atom. The van der Waals surface area contributed by atoms with E-state index in [9.17, 15) is 13.2 Å². The maximum absolute atomic E-state index is 12.7. The number of carbonyl (C=O) groups excluding carboxylic acids is 1. The highest BCUT2D eigenvalue weighted by molar-refractivity contribution is 7.92. The predicted molar refractivity (Wildman–Crippen MR) is 113 cm³/mol. The fourth-order valence-electron chi connectivity index (χ4n) is 2.89. The highest BCUT2D eigenvalue weighted by atomic mass is 35.5. The van der Waals surface area contributed by atoms with Crippen molar-refractivity contribution in [1.82, 2.24) is 5.32 Å². The van der Waals surface area contributed by atoms with Gasteiger partial charge in [0, 0.05) is 11.6 Å². The molecule has 2 aromatic rings. The fourth-order valence-corrected chi connectivity index (χ4v) is 4.23. The van der Waals surface area contributed by atoms with Gasteiger partial charge in [-0.15, -0.1) is 0 Å². The van der Waals surface area contributed by atoms with Crippen molar-refractivity contribution in [3.05, 3.63) is 59.1 Å². The molecule has 0 aliphatic heterocycles. The Hall–Kier alpha value is -2.25. The molecule has 152 valence electrons. The molecule has 6 nitrogen and oxygen atoms in total. The van der Waals surface area contributed by atoms with Crippen LogP contribution in [0.3, 0.4) is 0 Å². The Bertz CT molecular complexity index is 883. The largest absolute Gasteiger partial charge is 0.497 e. The van der Waals surface area contributed by atoms with Gasteiger partial charge in [-0.3, -0.25) is 9.10 Å². The van der Waals surface area contributed by atoms with Crippen LogP contribution in [0.2, 0.25) is 5.02 Å². The van der Waals surface area contributed by atoms with Crippen molar-refractivity contribution in [2.24, 2.45) is 0 Å². The van der Waals surface area contributed by atoms with Crippen LogP contribution in [0.25, 0.3) is 0 Å². The van der Waals surface area contributed by atoms with E-state index in [2.05, 4.69) is 5.32 Å². The van der Waals surface area contributed by atoms with Crippen molar-refractivity contribution in [2.45, 2.75) is 25.8 Å². The van der Waals surface area contributed by atoms with Gasteiger partial charge in [-0.05, 0) is 54.8 Å². The zero-order valence-corrected chi connectivity index (χ0v) is 17.8. The lowest BCUT2D eigenvalue weighted by molar-refractivity contribution is -0.122. The highest BCUT2D eigenvalue weighted by Gasteiger charge is 2.31. The molecule has 0 saturated heterocycles. The van der Waals surface area contributed by atoms with Gasteiger partial charge in [0.15, 0.2) is 0 Å². The topological polar surface area (TPSA) is 75.7 Å². The number of hydrogen-bond donors (Lipinski definition) is 1. The molecule has 0 spiro atoms. The van der Waals surface area contributed by atoms with Gasteiger partial charge in [0.05, 0.1) is 19.1 Å². The molecule has 8 heteroatoms. The number of nitrogens with zero attached hydrogens (tertiary/aromatic N) is 1. The molecule has 1 amide bonds. The van der Waals surface area contributed by atoms with Crippen LogP contribution in [0, 0.1) is 0 Å². The lowest BCUT2D eigenvalue weighted by Gasteiger charge is -2.30. The van der Waals surface area contributed by atoms with Crippen LogP contribution in [0.1, 0.15) is 18.9 Å². The molecular weight excluding hydrogens is 400 g/mol. The van der Waals surface area contributed by atoms with E-state index in [1.165, 1.54) is 0 Å². The van der Waals surface area contributed by atoms with E-state index in [1.807, 2.05) is 24.3 Å². The summed E-state index contributed by atoms with van der Waals surface area (Å²) in [6.07, 6.45) is 2.06. The summed E-state index contributed by atoms with van der Waals surface area (Å²) in [4.78, 5) is 12.7. The maximum Gasteiger partial charge on any atom is 0.243 e. The summed E-state index contributed by atoms with van der Waals surface area (Å²) in [5, 5.41) is 3.34. The first kappa shape index (κ1) is 22.0. The summed E-state index contributed by atoms with van der Waals surface area (Å²) in [5.41, 5.74) is 1.45. The van der Waals surface area contributed by atoms with Crippen LogP contribution in [0.5, 0.6) is 5.75 Å². The van der Waals surface area contributed by atoms with Crippen molar-refractivity contribution in [2.75, 3.05) is 24.2 Å². The van der Waals surface area contributed by atoms with Crippen molar-refractivity contribution >= 4 is 33.2 Å². The molecule has 0 bridgehead atoms. The number of carbonyl (C=O) groups is 1. The van der Waals surface area contributed by atoms with E-state index in [0.29, 0.717) is 30.1 Å². The smallest absolute Gasteiger partial charge is 0.243 e. The normalized spacial score (nSPS) is 12.3. The van der Waals surface area contributed by atoms with Gasteiger partial charge in [-0.1, -0.05) is 30.7 Å². The van der Waals surface area contributed by atoms with E-state index in [-0.39, 0.29) is 5.91 Å². The zero-order chi connectivity index (χ0) is 20.7. The van der Waals surface area contributed by atoms with Gasteiger partial charge in [0.25, 0.3) is 0 Å². The number of benzene rings is 2. The third kappa shape index (κ3) is 5.87. The number of amides is 1. The molecule has 0 radical (unpaired) electrons. The van der Waals surface area contributed by atoms with Crippen LogP contribution in [-0.2, 0) is 21.2 Å². The third-order valence-electron chi connectivity index (χ3n) is 4.28. The monoisotopic (exact) mass is 424 g/mol. The molecule has 28 heavy (non-hydrogen) atoms. The number of rotatable bonds is 9. The van der Waals surface area contributed by atoms with Crippen LogP contribution in [0.4, 0.5) is 5.69 Å². The molecule has 1 N–H and O–H groups in total. The fraction of sp³-hybridized carbons (Fsp3) is 0.350. The second-order valence-corrected chi connectivity index (χ2v) is 8.64. The number of methoxy groups -OCH3 is 1. The predicted octanol–water partition coefficient (Wildman–Crippen LogP) is 3.25. The quantitative estimate of drug-likeness (QED) is 0.670. The minimum atomic E-state index is -3.66. The van der Waals surface area contributed by atoms with Crippen molar-refractivity contribution in [1.29, 1.82) is 0 Å². The molecular formula is C20H25ClN2O4S. The Morgan fingerprint density at radius 2 is 1.75 bits per heavy atom. The first-order valence-corrected chi connectivity index (χ1v) is 11.1. The Kier molecular flexibility index (Phi) is 7.71. The average molecular weight is 425 g/mol. The second-order valence-electron chi connectivity index (χ2n) is 6.35. The number of hydrogen-bond acceptors (Lipinski definition) is 4. The molecule has 0 aliphatic carbocycles. The SMILES string of the molecule is CC[C@H](C(=O)NCCc1ccc(OC)cc1)N(c1ccc(Cl)cc1)S(C)(=O)=O. The highest BCUT2D eigenvalue weighted by Crippen LogP contribution is 2.24. The van der Waals surface area contributed by atoms with E-state index >= 15 is 0 Å². The molecule has 0 aliphatic rings. The summed E-state index contributed by atoms with van der Waals surface area (Å²) in [7, 11) is -2.05. The number of sulfonamides is 1. The zero-order valence-electron chi connectivity index (χ0n) is 16.2. The van der Waals surface area contributed by atoms with Gasteiger partial charge < -0.3 is 10.1 Å². The summed E-state index contributed by atoms with van der Waals surface area (Å²) >= 11 is 5.90. The summed E-state index contributed by atoms with van der Waals surface area (Å²) in [6.45, 7) is 2.18. The van der Waals surface area contributed by atoms with Crippen LogP contribution in [0.15, 0.2) is 48.5 Å². The first-order valence-electron chi connectivity index (χ1n) is 8.92. The van der Waals surface area contributed by atoms with Gasteiger partial charge in [-0.25, -0.2) is 8.42 Å². The molecule has 0 aromatic heterocycles. The minimum absolute atomic E-state index is 0.337. The van der Waals surface area contributed by atoms with Crippen LogP contribution < -0.4 is 14.4 Å².